The topological polar surface area (TPSA) is 26.0 Å². The van der Waals surface area contributed by atoms with E-state index in [4.69, 9.17) is 5.73 Å². The van der Waals surface area contributed by atoms with Gasteiger partial charge in [-0.25, -0.2) is 0 Å². The van der Waals surface area contributed by atoms with Crippen LogP contribution in [-0.4, -0.2) is 0 Å². The first-order valence-corrected chi connectivity index (χ1v) is 7.24. The summed E-state index contributed by atoms with van der Waals surface area (Å²) in [6.07, 6.45) is -3.87. The summed E-state index contributed by atoms with van der Waals surface area (Å²) in [6, 6.07) is 10.9. The smallest absolute Gasteiger partial charge is 0.324 e. The van der Waals surface area contributed by atoms with Crippen molar-refractivity contribution in [1.29, 1.82) is 0 Å². The van der Waals surface area contributed by atoms with Gasteiger partial charge in [0.2, 0.25) is 0 Å². The summed E-state index contributed by atoms with van der Waals surface area (Å²) < 4.78 is 39.0. The number of rotatable bonds is 3. The molecule has 0 aliphatic rings. The zero-order valence-corrected chi connectivity index (χ0v) is 13.0. The maximum absolute atomic E-state index is 12.8. The first-order chi connectivity index (χ1) is 9.77. The number of halogens is 4. The first kappa shape index (κ1) is 16.0. The average Bonchev–Trinajstić information content (AvgIpc) is 2.37. The van der Waals surface area contributed by atoms with Crippen molar-refractivity contribution in [2.45, 2.75) is 25.6 Å². The van der Waals surface area contributed by atoms with E-state index in [9.17, 15) is 13.2 Å². The highest BCUT2D eigenvalue weighted by molar-refractivity contribution is 9.10. The fourth-order valence-corrected chi connectivity index (χ4v) is 2.75. The van der Waals surface area contributed by atoms with Crippen LogP contribution in [0.15, 0.2) is 46.9 Å². The number of nitrogens with two attached hydrogens (primary N) is 1. The van der Waals surface area contributed by atoms with Crippen LogP contribution in [0, 0.1) is 6.92 Å². The zero-order valence-electron chi connectivity index (χ0n) is 11.4. The summed E-state index contributed by atoms with van der Waals surface area (Å²) in [7, 11) is 0. The minimum Gasteiger partial charge on any atom is -0.324 e. The number of alkyl halides is 3. The summed E-state index contributed by atoms with van der Waals surface area (Å²) in [5, 5.41) is 0. The summed E-state index contributed by atoms with van der Waals surface area (Å²) in [4.78, 5) is 0. The van der Waals surface area contributed by atoms with Crippen molar-refractivity contribution in [3.8, 4) is 0 Å². The van der Waals surface area contributed by atoms with Crippen molar-refractivity contribution in [2.75, 3.05) is 0 Å². The van der Waals surface area contributed by atoms with Crippen molar-refractivity contribution in [3.05, 3.63) is 69.2 Å². The Morgan fingerprint density at radius 2 is 1.86 bits per heavy atom. The normalized spacial score (nSPS) is 13.2. The molecule has 0 heterocycles. The molecule has 0 amide bonds. The molecular formula is C16H15BrF3N. The third-order valence-corrected chi connectivity index (χ3v) is 3.98. The third kappa shape index (κ3) is 4.08. The quantitative estimate of drug-likeness (QED) is 0.819. The molecule has 0 aliphatic carbocycles. The van der Waals surface area contributed by atoms with E-state index in [0.717, 1.165) is 23.3 Å². The van der Waals surface area contributed by atoms with Gasteiger partial charge in [-0.1, -0.05) is 45.8 Å². The van der Waals surface area contributed by atoms with Crippen molar-refractivity contribution >= 4 is 15.9 Å². The van der Waals surface area contributed by atoms with Gasteiger partial charge in [-0.2, -0.15) is 13.2 Å². The van der Waals surface area contributed by atoms with E-state index in [-0.39, 0.29) is 0 Å². The van der Waals surface area contributed by atoms with Crippen LogP contribution in [0.25, 0.3) is 0 Å². The molecule has 0 spiro atoms. The molecule has 0 radical (unpaired) electrons. The van der Waals surface area contributed by atoms with Crippen LogP contribution in [0.3, 0.4) is 0 Å². The molecule has 0 aliphatic heterocycles. The van der Waals surface area contributed by atoms with Crippen LogP contribution < -0.4 is 5.73 Å². The van der Waals surface area contributed by atoms with E-state index in [1.54, 1.807) is 0 Å². The van der Waals surface area contributed by atoms with Crippen LogP contribution in [0.4, 0.5) is 13.2 Å². The molecule has 1 nitrogen and oxygen atoms in total. The van der Waals surface area contributed by atoms with E-state index in [1.807, 2.05) is 31.2 Å². The third-order valence-electron chi connectivity index (χ3n) is 3.26. The van der Waals surface area contributed by atoms with E-state index >= 15 is 0 Å². The number of benzene rings is 2. The van der Waals surface area contributed by atoms with Crippen molar-refractivity contribution in [2.24, 2.45) is 5.73 Å². The lowest BCUT2D eigenvalue weighted by molar-refractivity contribution is -0.137. The van der Waals surface area contributed by atoms with E-state index in [0.29, 0.717) is 16.5 Å². The Hall–Kier alpha value is -1.33. The van der Waals surface area contributed by atoms with Crippen LogP contribution in [0.1, 0.15) is 28.3 Å². The maximum Gasteiger partial charge on any atom is 0.416 e. The fourth-order valence-electron chi connectivity index (χ4n) is 2.21. The second-order valence-electron chi connectivity index (χ2n) is 5.03. The standard InChI is InChI=1S/C16H15BrF3N/c1-10-3-2-4-11(7-10)8-15(21)13-9-12(16(18,19)20)5-6-14(13)17/h2-7,9,15H,8,21H2,1H3. The van der Waals surface area contributed by atoms with Crippen LogP contribution in [0.5, 0.6) is 0 Å². The molecule has 0 bridgehead atoms. The second kappa shape index (κ2) is 6.20. The highest BCUT2D eigenvalue weighted by Crippen LogP contribution is 2.34. The van der Waals surface area contributed by atoms with Crippen LogP contribution >= 0.6 is 15.9 Å². The van der Waals surface area contributed by atoms with Gasteiger partial charge < -0.3 is 5.73 Å². The summed E-state index contributed by atoms with van der Waals surface area (Å²) >= 11 is 3.28. The van der Waals surface area contributed by atoms with Gasteiger partial charge in [0.15, 0.2) is 0 Å². The van der Waals surface area contributed by atoms with Crippen LogP contribution in [-0.2, 0) is 12.6 Å². The van der Waals surface area contributed by atoms with Gasteiger partial charge in [0.25, 0.3) is 0 Å². The van der Waals surface area contributed by atoms with Gasteiger partial charge >= 0.3 is 6.18 Å². The van der Waals surface area contributed by atoms with Crippen LogP contribution in [0.2, 0.25) is 0 Å². The Bertz CT molecular complexity index is 638. The minimum absolute atomic E-state index is 0.464. The summed E-state index contributed by atoms with van der Waals surface area (Å²) in [5.74, 6) is 0. The Morgan fingerprint density at radius 1 is 1.14 bits per heavy atom. The molecule has 2 aromatic carbocycles. The van der Waals surface area contributed by atoms with Gasteiger partial charge in [-0.15, -0.1) is 0 Å². The monoisotopic (exact) mass is 357 g/mol. The lowest BCUT2D eigenvalue weighted by atomic mass is 9.97. The molecule has 2 rings (SSSR count). The van der Waals surface area contributed by atoms with Gasteiger partial charge in [-0.3, -0.25) is 0 Å². The predicted molar refractivity (Wildman–Crippen MR) is 81.0 cm³/mol. The summed E-state index contributed by atoms with van der Waals surface area (Å²) in [6.45, 7) is 1.97. The maximum atomic E-state index is 12.8. The highest BCUT2D eigenvalue weighted by Gasteiger charge is 2.31. The molecule has 21 heavy (non-hydrogen) atoms. The lowest BCUT2D eigenvalue weighted by Crippen LogP contribution is -2.16. The molecule has 0 fully saturated rings. The first-order valence-electron chi connectivity index (χ1n) is 6.45. The lowest BCUT2D eigenvalue weighted by Gasteiger charge is -2.17. The SMILES string of the molecule is Cc1cccc(CC(N)c2cc(C(F)(F)F)ccc2Br)c1. The fraction of sp³-hybridized carbons (Fsp3) is 0.250. The Morgan fingerprint density at radius 3 is 2.48 bits per heavy atom. The Kier molecular flexibility index (Phi) is 4.74. The molecule has 2 N–H and O–H groups in total. The highest BCUT2D eigenvalue weighted by atomic mass is 79.9. The van der Waals surface area contributed by atoms with Crippen molar-refractivity contribution in [3.63, 3.8) is 0 Å². The molecule has 5 heteroatoms. The summed E-state index contributed by atoms with van der Waals surface area (Å²) in [5.41, 5.74) is 7.98. The molecule has 0 aromatic heterocycles. The molecule has 1 unspecified atom stereocenters. The average molecular weight is 358 g/mol. The number of hydrogen-bond acceptors (Lipinski definition) is 1. The van der Waals surface area contributed by atoms with Gasteiger partial charge in [-0.05, 0) is 42.7 Å². The van der Waals surface area contributed by atoms with Gasteiger partial charge in [0.05, 0.1) is 5.56 Å². The Balaban J connectivity index is 2.28. The zero-order chi connectivity index (χ0) is 15.6. The largest absolute Gasteiger partial charge is 0.416 e. The van der Waals surface area contributed by atoms with Crippen molar-refractivity contribution in [1.82, 2.24) is 0 Å². The minimum atomic E-state index is -4.36. The van der Waals surface area contributed by atoms with Gasteiger partial charge in [0, 0.05) is 10.5 Å². The predicted octanol–water partition coefficient (Wildman–Crippen LogP) is 5.02. The number of aryl methyl sites for hydroxylation is 1. The molecule has 112 valence electrons. The van der Waals surface area contributed by atoms with E-state index < -0.39 is 17.8 Å². The van der Waals surface area contributed by atoms with Crippen molar-refractivity contribution < 1.29 is 13.2 Å². The molecule has 0 saturated carbocycles. The molecule has 2 aromatic rings. The molecule has 0 saturated heterocycles. The number of hydrogen-bond donors (Lipinski definition) is 1. The van der Waals surface area contributed by atoms with E-state index in [1.165, 1.54) is 6.07 Å². The molecular weight excluding hydrogens is 343 g/mol. The van der Waals surface area contributed by atoms with E-state index in [2.05, 4.69) is 15.9 Å². The molecule has 1 atom stereocenters. The Labute approximate surface area is 130 Å². The van der Waals surface area contributed by atoms with Gasteiger partial charge in [0.1, 0.15) is 0 Å². The second-order valence-corrected chi connectivity index (χ2v) is 5.89.